The van der Waals surface area contributed by atoms with Crippen molar-refractivity contribution in [2.45, 2.75) is 57.0 Å². The summed E-state index contributed by atoms with van der Waals surface area (Å²) < 4.78 is 72.0. The van der Waals surface area contributed by atoms with Crippen LogP contribution in [0.1, 0.15) is 48.4 Å². The van der Waals surface area contributed by atoms with E-state index < -0.39 is 48.5 Å². The second-order valence-electron chi connectivity index (χ2n) is 8.80. The first-order valence-corrected chi connectivity index (χ1v) is 11.5. The number of carboxylic acid groups (broad SMARTS) is 1. The van der Waals surface area contributed by atoms with Gasteiger partial charge in [0.2, 0.25) is 0 Å². The molecule has 7 nitrogen and oxygen atoms in total. The van der Waals surface area contributed by atoms with Crippen molar-refractivity contribution >= 4 is 28.2 Å². The highest BCUT2D eigenvalue weighted by Crippen LogP contribution is 2.49. The van der Waals surface area contributed by atoms with E-state index in [-0.39, 0.29) is 44.8 Å². The Morgan fingerprint density at radius 2 is 1.76 bits per heavy atom. The van der Waals surface area contributed by atoms with E-state index in [1.165, 1.54) is 0 Å². The maximum atomic E-state index is 14.0. The summed E-state index contributed by atoms with van der Waals surface area (Å²) in [4.78, 5) is 28.7. The first-order valence-electron chi connectivity index (χ1n) is 10.7. The quantitative estimate of drug-likeness (QED) is 0.564. The zero-order valence-corrected chi connectivity index (χ0v) is 18.3. The Morgan fingerprint density at radius 1 is 1.12 bits per heavy atom. The molecule has 2 aromatic heterocycles. The Labute approximate surface area is 193 Å². The molecule has 0 spiro atoms. The predicted octanol–water partition coefficient (Wildman–Crippen LogP) is 5.08. The molecule has 0 aromatic carbocycles. The fraction of sp³-hybridized carbons (Fsp3) is 0.524. The third-order valence-electron chi connectivity index (χ3n) is 6.68. The molecule has 4 aliphatic rings. The van der Waals surface area contributed by atoms with E-state index in [2.05, 4.69) is 15.5 Å². The number of carbonyl (C=O) groups excluding carboxylic acids is 1. The number of carboxylic acids is 1. The van der Waals surface area contributed by atoms with Gasteiger partial charge in [-0.2, -0.15) is 18.2 Å². The van der Waals surface area contributed by atoms with E-state index in [4.69, 9.17) is 4.52 Å². The number of fused-ring (bicyclic) bond motifs is 3. The van der Waals surface area contributed by atoms with Crippen LogP contribution in [0, 0.1) is 11.8 Å². The van der Waals surface area contributed by atoms with E-state index in [1.807, 2.05) is 0 Å². The average Bonchev–Trinajstić information content (AvgIpc) is 3.37. The standard InChI is InChI=1S/C21H18F5N3O4S/c22-20(23)6-5-10-11(7-20)34-17(14(10)16-28-19(29-33-16)21(24,25)26)27-15(30)12-8-1-3-9(4-2-8)13(12)18(31)32/h8-9H,1-7H2,(H,27,30)(H,31,32). The fourth-order valence-corrected chi connectivity index (χ4v) is 6.50. The molecule has 2 bridgehead atoms. The highest BCUT2D eigenvalue weighted by molar-refractivity contribution is 7.17. The molecular weight excluding hydrogens is 485 g/mol. The van der Waals surface area contributed by atoms with Crippen LogP contribution in [0.25, 0.3) is 11.5 Å². The van der Waals surface area contributed by atoms with Crippen LogP contribution in [0.3, 0.4) is 0 Å². The number of rotatable bonds is 4. The molecule has 182 valence electrons. The van der Waals surface area contributed by atoms with Crippen LogP contribution >= 0.6 is 11.3 Å². The lowest BCUT2D eigenvalue weighted by Gasteiger charge is -2.37. The summed E-state index contributed by atoms with van der Waals surface area (Å²) in [5, 5.41) is 15.2. The van der Waals surface area contributed by atoms with Gasteiger partial charge in [0.25, 0.3) is 23.5 Å². The summed E-state index contributed by atoms with van der Waals surface area (Å²) in [5.41, 5.74) is 0.484. The summed E-state index contributed by atoms with van der Waals surface area (Å²) in [7, 11) is 0. The van der Waals surface area contributed by atoms with Gasteiger partial charge in [0, 0.05) is 28.9 Å². The Hall–Kier alpha value is -2.83. The molecule has 1 saturated carbocycles. The maximum Gasteiger partial charge on any atom is 0.455 e. The molecule has 2 aromatic rings. The van der Waals surface area contributed by atoms with Crippen LogP contribution in [0.4, 0.5) is 27.0 Å². The van der Waals surface area contributed by atoms with Crippen molar-refractivity contribution in [1.29, 1.82) is 0 Å². The summed E-state index contributed by atoms with van der Waals surface area (Å²) in [6.45, 7) is 0. The molecule has 0 saturated heterocycles. The van der Waals surface area contributed by atoms with Crippen LogP contribution in [0.5, 0.6) is 0 Å². The van der Waals surface area contributed by atoms with Crippen LogP contribution in [0.2, 0.25) is 0 Å². The van der Waals surface area contributed by atoms with Gasteiger partial charge in [0.15, 0.2) is 0 Å². The maximum absolute atomic E-state index is 14.0. The van der Waals surface area contributed by atoms with Gasteiger partial charge in [-0.25, -0.2) is 13.6 Å². The number of alkyl halides is 5. The van der Waals surface area contributed by atoms with Gasteiger partial charge in [0.1, 0.15) is 5.00 Å². The van der Waals surface area contributed by atoms with Crippen molar-refractivity contribution in [3.05, 3.63) is 27.4 Å². The molecule has 1 amide bonds. The van der Waals surface area contributed by atoms with Crippen molar-refractivity contribution in [3.8, 4) is 11.5 Å². The van der Waals surface area contributed by atoms with Crippen LogP contribution in [-0.4, -0.2) is 33.0 Å². The lowest BCUT2D eigenvalue weighted by atomic mass is 9.66. The minimum atomic E-state index is -4.88. The first-order chi connectivity index (χ1) is 15.9. The number of hydrogen-bond donors (Lipinski definition) is 2. The highest BCUT2D eigenvalue weighted by Gasteiger charge is 2.43. The average molecular weight is 503 g/mol. The van der Waals surface area contributed by atoms with E-state index in [0.717, 1.165) is 11.3 Å². The van der Waals surface area contributed by atoms with E-state index >= 15 is 0 Å². The zero-order valence-electron chi connectivity index (χ0n) is 17.5. The topological polar surface area (TPSA) is 105 Å². The normalized spacial score (nSPS) is 23.7. The Balaban J connectivity index is 1.57. The number of nitrogens with zero attached hydrogens (tertiary/aromatic N) is 2. The minimum Gasteiger partial charge on any atom is -0.478 e. The highest BCUT2D eigenvalue weighted by atomic mass is 32.1. The third-order valence-corrected chi connectivity index (χ3v) is 7.83. The molecule has 34 heavy (non-hydrogen) atoms. The summed E-state index contributed by atoms with van der Waals surface area (Å²) in [6.07, 6.45) is -3.54. The summed E-state index contributed by atoms with van der Waals surface area (Å²) >= 11 is 0.807. The molecule has 0 aliphatic heterocycles. The second-order valence-corrected chi connectivity index (χ2v) is 9.90. The van der Waals surface area contributed by atoms with E-state index in [1.54, 1.807) is 0 Å². The summed E-state index contributed by atoms with van der Waals surface area (Å²) in [6, 6.07) is 0. The number of halogens is 5. The Kier molecular flexibility index (Phi) is 5.30. The number of thiophene rings is 1. The van der Waals surface area contributed by atoms with Gasteiger partial charge in [-0.15, -0.1) is 11.3 Å². The van der Waals surface area contributed by atoms with Crippen molar-refractivity contribution in [2.24, 2.45) is 11.8 Å². The van der Waals surface area contributed by atoms with Crippen LogP contribution < -0.4 is 5.32 Å². The van der Waals surface area contributed by atoms with E-state index in [9.17, 15) is 36.6 Å². The monoisotopic (exact) mass is 503 g/mol. The van der Waals surface area contributed by atoms with Gasteiger partial charge in [0.05, 0.1) is 5.56 Å². The molecule has 13 heteroatoms. The second kappa shape index (κ2) is 7.85. The zero-order chi connectivity index (χ0) is 24.4. The van der Waals surface area contributed by atoms with Crippen LogP contribution in [0.15, 0.2) is 15.7 Å². The molecule has 6 rings (SSSR count). The smallest absolute Gasteiger partial charge is 0.455 e. The number of anilines is 1. The lowest BCUT2D eigenvalue weighted by Crippen LogP contribution is -2.35. The lowest BCUT2D eigenvalue weighted by molar-refractivity contribution is -0.146. The molecule has 0 atom stereocenters. The van der Waals surface area contributed by atoms with Gasteiger partial charge in [-0.1, -0.05) is 5.16 Å². The van der Waals surface area contributed by atoms with E-state index in [0.29, 0.717) is 31.2 Å². The molecule has 4 aliphatic carbocycles. The van der Waals surface area contributed by atoms with Gasteiger partial charge < -0.3 is 14.9 Å². The van der Waals surface area contributed by atoms with Gasteiger partial charge >= 0.3 is 12.1 Å². The fourth-order valence-electron chi connectivity index (χ4n) is 5.18. The Morgan fingerprint density at radius 3 is 2.35 bits per heavy atom. The third kappa shape index (κ3) is 3.89. The van der Waals surface area contributed by atoms with Crippen molar-refractivity contribution in [2.75, 3.05) is 5.32 Å². The van der Waals surface area contributed by atoms with Crippen LogP contribution in [-0.2, 0) is 28.6 Å². The van der Waals surface area contributed by atoms with Gasteiger partial charge in [-0.3, -0.25) is 4.79 Å². The summed E-state index contributed by atoms with van der Waals surface area (Å²) in [5.74, 6) is -7.44. The number of aliphatic carboxylic acids is 1. The van der Waals surface area contributed by atoms with Crippen molar-refractivity contribution in [3.63, 3.8) is 0 Å². The largest absolute Gasteiger partial charge is 0.478 e. The molecule has 0 unspecified atom stereocenters. The number of aromatic nitrogens is 2. The van der Waals surface area contributed by atoms with Crippen molar-refractivity contribution in [1.82, 2.24) is 10.1 Å². The predicted molar refractivity (Wildman–Crippen MR) is 108 cm³/mol. The number of hydrogen-bond acceptors (Lipinski definition) is 6. The molecule has 0 radical (unpaired) electrons. The number of nitrogens with one attached hydrogen (secondary N) is 1. The SMILES string of the molecule is O=C(O)C1=C(C(=O)Nc2sc3c(c2-c2nc(C(F)(F)F)no2)CCC(F)(F)C3)C2CCC1CC2. The Bertz CT molecular complexity index is 1210. The molecular formula is C21H18F5N3O4S. The number of carbonyl (C=O) groups is 2. The molecule has 2 heterocycles. The molecule has 1 fully saturated rings. The van der Waals surface area contributed by atoms with Gasteiger partial charge in [-0.05, 0) is 49.5 Å². The number of amides is 1. The van der Waals surface area contributed by atoms with Crippen molar-refractivity contribution < 1.29 is 41.2 Å². The first kappa shape index (κ1) is 22.9. The molecule has 2 N–H and O–H groups in total. The minimum absolute atomic E-state index is 0.0104.